The van der Waals surface area contributed by atoms with Crippen molar-refractivity contribution in [3.63, 3.8) is 0 Å². The average Bonchev–Trinajstić information content (AvgIpc) is 3.94. The SMILES string of the molecule is c1ccc(-c2cc(-c3ccccc3)cc(-c3cc(-c4ccc5sc6ccccc6c5c4)nc(-c4ccc5ccc6ccc7nn(-c8ccccc8)nc7c6c5c4)n3)c2)cc1. The highest BCUT2D eigenvalue weighted by Crippen LogP contribution is 2.39. The van der Waals surface area contributed by atoms with Gasteiger partial charge in [0.1, 0.15) is 11.0 Å². The van der Waals surface area contributed by atoms with Crippen LogP contribution >= 0.6 is 11.3 Å². The predicted molar refractivity (Wildman–Crippen MR) is 250 cm³/mol. The van der Waals surface area contributed by atoms with E-state index in [0.717, 1.165) is 88.6 Å². The van der Waals surface area contributed by atoms with Crippen molar-refractivity contribution in [3.05, 3.63) is 200 Å². The molecule has 12 rings (SSSR count). The summed E-state index contributed by atoms with van der Waals surface area (Å²) in [5.41, 5.74) is 11.9. The molecule has 0 spiro atoms. The molecule has 0 saturated carbocycles. The molecule has 0 N–H and O–H groups in total. The molecule has 3 heterocycles. The van der Waals surface area contributed by atoms with Crippen molar-refractivity contribution in [2.75, 3.05) is 0 Å². The zero-order valence-electron chi connectivity index (χ0n) is 32.2. The van der Waals surface area contributed by atoms with Crippen molar-refractivity contribution in [2.24, 2.45) is 0 Å². The molecule has 0 unspecified atom stereocenters. The molecular weight excluding hydrogens is 751 g/mol. The second-order valence-corrected chi connectivity index (χ2v) is 16.2. The molecule has 0 fully saturated rings. The summed E-state index contributed by atoms with van der Waals surface area (Å²) in [5, 5.41) is 16.8. The number of para-hydroxylation sites is 1. The van der Waals surface area contributed by atoms with Gasteiger partial charge in [-0.2, -0.15) is 4.80 Å². The van der Waals surface area contributed by atoms with E-state index in [1.807, 2.05) is 41.7 Å². The van der Waals surface area contributed by atoms with Crippen LogP contribution in [0.2, 0.25) is 0 Å². The Balaban J connectivity index is 1.09. The van der Waals surface area contributed by atoms with Gasteiger partial charge in [-0.05, 0) is 105 Å². The van der Waals surface area contributed by atoms with E-state index in [1.54, 1.807) is 4.80 Å². The molecule has 280 valence electrons. The Morgan fingerprint density at radius 3 is 1.72 bits per heavy atom. The number of hydrogen-bond donors (Lipinski definition) is 0. The molecule has 9 aromatic carbocycles. The fourth-order valence-electron chi connectivity index (χ4n) is 8.46. The van der Waals surface area contributed by atoms with Crippen LogP contribution in [-0.2, 0) is 0 Å². The molecule has 60 heavy (non-hydrogen) atoms. The first kappa shape index (κ1) is 34.3. The topological polar surface area (TPSA) is 56.5 Å². The van der Waals surface area contributed by atoms with Crippen LogP contribution in [0.1, 0.15) is 0 Å². The second kappa shape index (κ2) is 13.9. The Morgan fingerprint density at radius 1 is 0.367 bits per heavy atom. The van der Waals surface area contributed by atoms with Crippen LogP contribution in [-0.4, -0.2) is 25.0 Å². The monoisotopic (exact) mass is 783 g/mol. The van der Waals surface area contributed by atoms with Crippen LogP contribution in [0, 0.1) is 0 Å². The number of aromatic nitrogens is 5. The first-order valence-electron chi connectivity index (χ1n) is 20.0. The van der Waals surface area contributed by atoms with Gasteiger partial charge in [-0.1, -0.05) is 133 Å². The molecule has 0 bridgehead atoms. The van der Waals surface area contributed by atoms with Gasteiger partial charge < -0.3 is 0 Å². The largest absolute Gasteiger partial charge is 0.228 e. The summed E-state index contributed by atoms with van der Waals surface area (Å²) < 4.78 is 2.54. The summed E-state index contributed by atoms with van der Waals surface area (Å²) in [7, 11) is 0. The van der Waals surface area contributed by atoms with Gasteiger partial charge in [0.25, 0.3) is 0 Å². The van der Waals surface area contributed by atoms with Crippen molar-refractivity contribution in [1.29, 1.82) is 0 Å². The molecule has 0 amide bonds. The van der Waals surface area contributed by atoms with Gasteiger partial charge in [0.05, 0.1) is 17.1 Å². The molecule has 5 nitrogen and oxygen atoms in total. The summed E-state index contributed by atoms with van der Waals surface area (Å²) >= 11 is 1.82. The van der Waals surface area contributed by atoms with Gasteiger partial charge >= 0.3 is 0 Å². The molecule has 12 aromatic rings. The maximum Gasteiger partial charge on any atom is 0.160 e. The maximum atomic E-state index is 5.42. The Labute approximate surface area is 349 Å². The third-order valence-electron chi connectivity index (χ3n) is 11.4. The number of benzene rings is 9. The smallest absolute Gasteiger partial charge is 0.160 e. The standard InChI is InChI=1S/C54H33N5S/c1-4-12-34(13-5-1)40-28-41(35-14-6-2-7-15-35)30-42(29-40)49-33-48(38-25-27-51-46(31-38)44-18-10-11-19-50(44)60-51)55-54(56-49)39-23-21-36-20-22-37-24-26-47-53(52(37)45(36)32-39)58-59(57-47)43-16-8-3-9-17-43/h1-33H. The van der Waals surface area contributed by atoms with Gasteiger partial charge in [0, 0.05) is 42.2 Å². The minimum absolute atomic E-state index is 0.656. The van der Waals surface area contributed by atoms with Crippen molar-refractivity contribution in [1.82, 2.24) is 25.0 Å². The van der Waals surface area contributed by atoms with Crippen molar-refractivity contribution in [3.8, 4) is 61.8 Å². The summed E-state index contributed by atoms with van der Waals surface area (Å²) in [6.45, 7) is 0. The first-order valence-corrected chi connectivity index (χ1v) is 20.9. The van der Waals surface area contributed by atoms with E-state index in [4.69, 9.17) is 20.2 Å². The van der Waals surface area contributed by atoms with Crippen molar-refractivity contribution in [2.45, 2.75) is 0 Å². The van der Waals surface area contributed by atoms with E-state index < -0.39 is 0 Å². The lowest BCUT2D eigenvalue weighted by Gasteiger charge is -2.14. The van der Waals surface area contributed by atoms with Crippen LogP contribution in [0.5, 0.6) is 0 Å². The predicted octanol–water partition coefficient (Wildman–Crippen LogP) is 14.2. The summed E-state index contributed by atoms with van der Waals surface area (Å²) in [6, 6.07) is 70.6. The Bertz CT molecular complexity index is 3540. The van der Waals surface area contributed by atoms with Gasteiger partial charge in [-0.15, -0.1) is 21.5 Å². The Morgan fingerprint density at radius 2 is 0.950 bits per heavy atom. The lowest BCUT2D eigenvalue weighted by atomic mass is 9.94. The highest BCUT2D eigenvalue weighted by molar-refractivity contribution is 7.25. The molecule has 0 aliphatic rings. The lowest BCUT2D eigenvalue weighted by molar-refractivity contribution is 0.766. The average molecular weight is 784 g/mol. The number of nitrogens with zero attached hydrogens (tertiary/aromatic N) is 5. The third kappa shape index (κ3) is 5.93. The van der Waals surface area contributed by atoms with Gasteiger partial charge in [0.2, 0.25) is 0 Å². The normalized spacial score (nSPS) is 11.7. The van der Waals surface area contributed by atoms with Gasteiger partial charge in [-0.3, -0.25) is 0 Å². The number of rotatable bonds is 6. The summed E-state index contributed by atoms with van der Waals surface area (Å²) in [6.07, 6.45) is 0. The molecular formula is C54H33N5S. The molecule has 0 atom stereocenters. The summed E-state index contributed by atoms with van der Waals surface area (Å²) in [5.74, 6) is 0.656. The number of hydrogen-bond acceptors (Lipinski definition) is 5. The molecule has 0 aliphatic carbocycles. The van der Waals surface area contributed by atoms with Crippen molar-refractivity contribution >= 4 is 64.1 Å². The maximum absolute atomic E-state index is 5.42. The fraction of sp³-hybridized carbons (Fsp3) is 0. The fourth-order valence-corrected chi connectivity index (χ4v) is 9.55. The quantitative estimate of drug-likeness (QED) is 0.158. The minimum atomic E-state index is 0.656. The third-order valence-corrected chi connectivity index (χ3v) is 12.6. The highest BCUT2D eigenvalue weighted by atomic mass is 32.1. The highest BCUT2D eigenvalue weighted by Gasteiger charge is 2.17. The van der Waals surface area contributed by atoms with Crippen LogP contribution < -0.4 is 0 Å². The molecule has 0 radical (unpaired) electrons. The van der Waals surface area contributed by atoms with Crippen LogP contribution in [0.3, 0.4) is 0 Å². The van der Waals surface area contributed by atoms with Crippen LogP contribution in [0.25, 0.3) is 115 Å². The van der Waals surface area contributed by atoms with E-state index in [2.05, 4.69) is 170 Å². The number of fused-ring (bicyclic) bond motifs is 8. The molecule has 0 saturated heterocycles. The number of thiophene rings is 1. The second-order valence-electron chi connectivity index (χ2n) is 15.2. The van der Waals surface area contributed by atoms with E-state index in [1.165, 1.54) is 20.2 Å². The zero-order valence-corrected chi connectivity index (χ0v) is 33.0. The molecule has 3 aromatic heterocycles. The van der Waals surface area contributed by atoms with Gasteiger partial charge in [-0.25, -0.2) is 9.97 Å². The van der Waals surface area contributed by atoms with Gasteiger partial charge in [0.15, 0.2) is 5.82 Å². The Hall–Kier alpha value is -7.80. The van der Waals surface area contributed by atoms with E-state index >= 15 is 0 Å². The van der Waals surface area contributed by atoms with E-state index in [0.29, 0.717) is 5.82 Å². The minimum Gasteiger partial charge on any atom is -0.228 e. The Kier molecular flexibility index (Phi) is 7.96. The lowest BCUT2D eigenvalue weighted by Crippen LogP contribution is -1.97. The zero-order chi connectivity index (χ0) is 39.6. The van der Waals surface area contributed by atoms with Crippen LogP contribution in [0.15, 0.2) is 200 Å². The van der Waals surface area contributed by atoms with E-state index in [9.17, 15) is 0 Å². The summed E-state index contributed by atoms with van der Waals surface area (Å²) in [4.78, 5) is 12.5. The van der Waals surface area contributed by atoms with Crippen molar-refractivity contribution < 1.29 is 0 Å². The molecule has 0 aliphatic heterocycles. The van der Waals surface area contributed by atoms with Crippen LogP contribution in [0.4, 0.5) is 0 Å². The van der Waals surface area contributed by atoms with E-state index in [-0.39, 0.29) is 0 Å². The molecule has 6 heteroatoms. The first-order chi connectivity index (χ1) is 29.7.